The maximum absolute atomic E-state index is 12.6. The molecular formula is C37H42N4O3. The number of nitrogens with one attached hydrogen (secondary N) is 1. The number of pyridine rings is 1. The summed E-state index contributed by atoms with van der Waals surface area (Å²) in [4.78, 5) is 25.4. The molecule has 2 aliphatic heterocycles. The standard InChI is InChI=1S/C37H42N4O3/c1-43-37(42)33-11-10-28(22-35(33)44-30-21-26-12-15-38-36(26)39-23-30)40-17-13-24(14-18-40)27-19-29(20-27)41-16-4-7-34(41)32-6-3-2-5-31(32)25-8-9-25/h2-3,5-6,10-12,15,21-25,27,29,34H,4,7-9,13-14,16-20H2,1H3,(H,38,39)/t27?,29?,34-/m0/s1. The van der Waals surface area contributed by atoms with Gasteiger partial charge in [-0.1, -0.05) is 24.3 Å². The van der Waals surface area contributed by atoms with Crippen molar-refractivity contribution in [2.75, 3.05) is 31.6 Å². The largest absolute Gasteiger partial charge is 0.465 e. The quantitative estimate of drug-likeness (QED) is 0.211. The second kappa shape index (κ2) is 11.6. The van der Waals surface area contributed by atoms with Crippen molar-refractivity contribution in [3.8, 4) is 11.5 Å². The molecular weight excluding hydrogens is 548 g/mol. The van der Waals surface area contributed by atoms with Crippen LogP contribution < -0.4 is 9.64 Å². The number of anilines is 1. The van der Waals surface area contributed by atoms with Gasteiger partial charge in [-0.3, -0.25) is 4.90 Å². The lowest BCUT2D eigenvalue weighted by atomic mass is 9.68. The van der Waals surface area contributed by atoms with Crippen LogP contribution in [0.3, 0.4) is 0 Å². The van der Waals surface area contributed by atoms with Gasteiger partial charge >= 0.3 is 5.97 Å². The molecule has 2 saturated carbocycles. The van der Waals surface area contributed by atoms with Crippen LogP contribution in [0.1, 0.15) is 84.8 Å². The number of fused-ring (bicyclic) bond motifs is 1. The highest BCUT2D eigenvalue weighted by molar-refractivity contribution is 5.93. The zero-order valence-corrected chi connectivity index (χ0v) is 25.6. The minimum Gasteiger partial charge on any atom is -0.465 e. The number of carbonyl (C=O) groups excluding carboxylic acids is 1. The van der Waals surface area contributed by atoms with Crippen LogP contribution in [0.15, 0.2) is 67.0 Å². The van der Waals surface area contributed by atoms with E-state index in [1.807, 2.05) is 36.5 Å². The van der Waals surface area contributed by atoms with Crippen LogP contribution >= 0.6 is 0 Å². The van der Waals surface area contributed by atoms with Crippen LogP contribution in [0.5, 0.6) is 11.5 Å². The third-order valence-corrected chi connectivity index (χ3v) is 10.8. The Kier molecular flexibility index (Phi) is 7.29. The lowest BCUT2D eigenvalue weighted by Gasteiger charge is -2.49. The van der Waals surface area contributed by atoms with Crippen LogP contribution in [0.25, 0.3) is 11.0 Å². The predicted molar refractivity (Wildman–Crippen MR) is 172 cm³/mol. The number of aromatic nitrogens is 2. The topological polar surface area (TPSA) is 70.7 Å². The fraction of sp³-hybridized carbons (Fsp3) is 0.459. The fourth-order valence-electron chi connectivity index (χ4n) is 8.23. The van der Waals surface area contributed by atoms with Crippen molar-refractivity contribution in [3.63, 3.8) is 0 Å². The van der Waals surface area contributed by atoms with Gasteiger partial charge in [0.1, 0.15) is 22.7 Å². The number of aromatic amines is 1. The van der Waals surface area contributed by atoms with E-state index in [1.54, 1.807) is 17.3 Å². The molecule has 8 rings (SSSR count). The van der Waals surface area contributed by atoms with E-state index < -0.39 is 5.97 Å². The molecule has 1 N–H and O–H groups in total. The maximum Gasteiger partial charge on any atom is 0.341 e. The van der Waals surface area contributed by atoms with E-state index >= 15 is 0 Å². The molecule has 0 unspecified atom stereocenters. The SMILES string of the molecule is COC(=O)c1ccc(N2CCC(C3CC(N4CCC[C@H]4c4ccccc4C4CC4)C3)CC2)cc1Oc1cnc2[nH]ccc2c1. The summed E-state index contributed by atoms with van der Waals surface area (Å²) in [6, 6.07) is 20.4. The van der Waals surface area contributed by atoms with Gasteiger partial charge in [-0.05, 0) is 111 Å². The number of hydrogen-bond donors (Lipinski definition) is 1. The zero-order valence-electron chi connectivity index (χ0n) is 25.6. The zero-order chi connectivity index (χ0) is 29.6. The second-order valence-electron chi connectivity index (χ2n) is 13.4. The first-order valence-corrected chi connectivity index (χ1v) is 16.6. The number of piperidine rings is 1. The van der Waals surface area contributed by atoms with Crippen molar-refractivity contribution < 1.29 is 14.3 Å². The minimum atomic E-state index is -0.406. The minimum absolute atomic E-state index is 0.406. The molecule has 44 heavy (non-hydrogen) atoms. The normalized spacial score (nSPS) is 24.4. The van der Waals surface area contributed by atoms with Crippen LogP contribution in [-0.4, -0.2) is 53.6 Å². The van der Waals surface area contributed by atoms with Gasteiger partial charge in [-0.15, -0.1) is 0 Å². The summed E-state index contributed by atoms with van der Waals surface area (Å²) in [5.41, 5.74) is 5.58. The first-order valence-electron chi connectivity index (χ1n) is 16.6. The summed E-state index contributed by atoms with van der Waals surface area (Å²) in [7, 11) is 1.40. The number of esters is 1. The molecule has 0 amide bonds. The molecule has 2 aromatic carbocycles. The van der Waals surface area contributed by atoms with Crippen molar-refractivity contribution in [1.82, 2.24) is 14.9 Å². The summed E-state index contributed by atoms with van der Waals surface area (Å²) in [6.45, 7) is 3.32. The van der Waals surface area contributed by atoms with Gasteiger partial charge in [0.25, 0.3) is 0 Å². The number of carbonyl (C=O) groups is 1. The third kappa shape index (κ3) is 5.25. The monoisotopic (exact) mass is 590 g/mol. The molecule has 2 aliphatic carbocycles. The summed E-state index contributed by atoms with van der Waals surface area (Å²) in [6.07, 6.45) is 14.1. The van der Waals surface area contributed by atoms with Crippen molar-refractivity contribution in [3.05, 3.63) is 83.7 Å². The maximum atomic E-state index is 12.6. The Hall–Kier alpha value is -3.84. The first-order chi connectivity index (χ1) is 21.6. The van der Waals surface area contributed by atoms with Crippen molar-refractivity contribution in [1.29, 1.82) is 0 Å². The van der Waals surface area contributed by atoms with E-state index in [9.17, 15) is 4.79 Å². The summed E-state index contributed by atoms with van der Waals surface area (Å²) in [5.74, 6) is 3.15. The number of methoxy groups -OCH3 is 1. The lowest BCUT2D eigenvalue weighted by Crippen LogP contribution is -2.48. The van der Waals surface area contributed by atoms with E-state index in [4.69, 9.17) is 9.47 Å². The number of likely N-dealkylation sites (tertiary alicyclic amines) is 1. The molecule has 4 fully saturated rings. The lowest BCUT2D eigenvalue weighted by molar-refractivity contribution is 0.0316. The number of H-pyrrole nitrogens is 1. The Morgan fingerprint density at radius 1 is 0.909 bits per heavy atom. The third-order valence-electron chi connectivity index (χ3n) is 10.8. The van der Waals surface area contributed by atoms with Crippen LogP contribution in [0, 0.1) is 11.8 Å². The van der Waals surface area contributed by atoms with Crippen molar-refractivity contribution in [2.24, 2.45) is 11.8 Å². The molecule has 1 atom stereocenters. The van der Waals surface area contributed by atoms with Gasteiger partial charge in [0.15, 0.2) is 0 Å². The number of benzene rings is 2. The Morgan fingerprint density at radius 3 is 2.52 bits per heavy atom. The summed E-state index contributed by atoms with van der Waals surface area (Å²) < 4.78 is 11.3. The van der Waals surface area contributed by atoms with Crippen molar-refractivity contribution in [2.45, 2.75) is 69.4 Å². The van der Waals surface area contributed by atoms with E-state index in [0.717, 1.165) is 53.6 Å². The highest BCUT2D eigenvalue weighted by atomic mass is 16.5. The Balaban J connectivity index is 0.905. The van der Waals surface area contributed by atoms with E-state index in [-0.39, 0.29) is 0 Å². The number of nitrogens with zero attached hydrogens (tertiary/aromatic N) is 3. The van der Waals surface area contributed by atoms with Gasteiger partial charge in [-0.25, -0.2) is 9.78 Å². The van der Waals surface area contributed by atoms with Crippen molar-refractivity contribution >= 4 is 22.7 Å². The number of rotatable bonds is 8. The molecule has 228 valence electrons. The number of ether oxygens (including phenoxy) is 2. The molecule has 2 aromatic heterocycles. The Labute approximate surface area is 259 Å². The molecule has 4 aromatic rings. The molecule has 0 radical (unpaired) electrons. The molecule has 7 heteroatoms. The molecule has 4 aliphatic rings. The first kappa shape index (κ1) is 27.7. The Bertz CT molecular complexity index is 1650. The number of hydrogen-bond acceptors (Lipinski definition) is 6. The molecule has 2 saturated heterocycles. The molecule has 4 heterocycles. The van der Waals surface area contributed by atoms with Gasteiger partial charge in [-0.2, -0.15) is 0 Å². The van der Waals surface area contributed by atoms with E-state index in [2.05, 4.69) is 44.0 Å². The highest BCUT2D eigenvalue weighted by Crippen LogP contribution is 2.49. The summed E-state index contributed by atoms with van der Waals surface area (Å²) in [5, 5.41) is 0.960. The molecule has 7 nitrogen and oxygen atoms in total. The smallest absolute Gasteiger partial charge is 0.341 e. The fourth-order valence-corrected chi connectivity index (χ4v) is 8.23. The average Bonchev–Trinajstić information content (AvgIpc) is 3.59. The van der Waals surface area contributed by atoms with Gasteiger partial charge < -0.3 is 19.4 Å². The van der Waals surface area contributed by atoms with E-state index in [1.165, 1.54) is 65.0 Å². The van der Waals surface area contributed by atoms with Gasteiger partial charge in [0.05, 0.1) is 13.3 Å². The molecule has 0 bridgehead atoms. The Morgan fingerprint density at radius 2 is 1.73 bits per heavy atom. The molecule has 0 spiro atoms. The summed E-state index contributed by atoms with van der Waals surface area (Å²) >= 11 is 0. The van der Waals surface area contributed by atoms with Gasteiger partial charge in [0.2, 0.25) is 0 Å². The highest BCUT2D eigenvalue weighted by Gasteiger charge is 2.43. The van der Waals surface area contributed by atoms with Crippen LogP contribution in [0.4, 0.5) is 5.69 Å². The van der Waals surface area contributed by atoms with Crippen LogP contribution in [0.2, 0.25) is 0 Å². The predicted octanol–water partition coefficient (Wildman–Crippen LogP) is 7.85. The average molecular weight is 591 g/mol. The van der Waals surface area contributed by atoms with Gasteiger partial charge in [0, 0.05) is 48.5 Å². The van der Waals surface area contributed by atoms with Crippen LogP contribution in [-0.2, 0) is 4.74 Å². The van der Waals surface area contributed by atoms with E-state index in [0.29, 0.717) is 23.1 Å². The second-order valence-corrected chi connectivity index (χ2v) is 13.4.